The molecule has 0 heterocycles. The Morgan fingerprint density at radius 2 is 0.810 bits per heavy atom. The van der Waals surface area contributed by atoms with Gasteiger partial charge in [0.2, 0.25) is 0 Å². The second kappa shape index (κ2) is 22.6. The number of halogens is 2. The quantitative estimate of drug-likeness (QED) is 0.105. The first-order valence-corrected chi connectivity index (χ1v) is 28.8. The molecule has 8 aromatic carbocycles. The van der Waals surface area contributed by atoms with Crippen molar-refractivity contribution in [3.8, 4) is 44.5 Å². The summed E-state index contributed by atoms with van der Waals surface area (Å²) in [7, 11) is 11.0. The van der Waals surface area contributed by atoms with Gasteiger partial charge >= 0.3 is 37.9 Å². The molecule has 0 aliphatic rings. The first kappa shape index (κ1) is 45.3. The van der Waals surface area contributed by atoms with Gasteiger partial charge in [0, 0.05) is 9.52 Å². The summed E-state index contributed by atoms with van der Waals surface area (Å²) in [4.78, 5) is 0. The molecule has 0 atom stereocenters. The molecule has 8 rings (SSSR count). The zero-order valence-corrected chi connectivity index (χ0v) is 40.3. The van der Waals surface area contributed by atoms with Crippen LogP contribution in [0, 0.1) is 0 Å². The Morgan fingerprint density at radius 1 is 0.483 bits per heavy atom. The third kappa shape index (κ3) is 10.9. The van der Waals surface area contributed by atoms with E-state index in [9.17, 15) is 0 Å². The van der Waals surface area contributed by atoms with Gasteiger partial charge in [-0.25, -0.2) is 0 Å². The molecule has 0 nitrogen and oxygen atoms in total. The third-order valence-corrected chi connectivity index (χ3v) is 10.6. The Bertz CT molecular complexity index is 2300. The van der Waals surface area contributed by atoms with Crippen LogP contribution in [-0.2, 0) is 33.7 Å². The predicted molar refractivity (Wildman–Crippen MR) is 257 cm³/mol. The van der Waals surface area contributed by atoms with Crippen molar-refractivity contribution in [1.29, 1.82) is 0 Å². The van der Waals surface area contributed by atoms with E-state index in [4.69, 9.17) is 17.0 Å². The van der Waals surface area contributed by atoms with Gasteiger partial charge in [0.1, 0.15) is 0 Å². The van der Waals surface area contributed by atoms with Crippen LogP contribution in [0.1, 0.15) is 75.6 Å². The molecule has 4 heteroatoms. The summed E-state index contributed by atoms with van der Waals surface area (Å²) in [6.07, 6.45) is 2.14. The molecule has 2 radical (unpaired) electrons. The molecule has 0 fully saturated rings. The maximum absolute atomic E-state index is 4.93. The molecule has 0 amide bonds. The summed E-state index contributed by atoms with van der Waals surface area (Å²) in [6.45, 7) is 17.9. The van der Waals surface area contributed by atoms with Gasteiger partial charge in [-0.15, -0.1) is 56.9 Å². The molecule has 0 aliphatic carbocycles. The van der Waals surface area contributed by atoms with Crippen molar-refractivity contribution < 1.29 is 20.8 Å². The minimum atomic E-state index is -0.826. The standard InChI is InChI=1S/2C26H25.C2H6Si.2ClH.Zr/c2*1-4-19-16-21-14-15-23(20-10-6-5-7-11-20)26(25(21)17-19)24-13-9-8-12-22(24)18(2)3;1-3-2;;;/h2*5-18H,4H2,1-3H3;1-2H3;2*1H;/q2*-1;;;;+4/p-2. The number of benzene rings is 6. The van der Waals surface area contributed by atoms with Crippen LogP contribution in [0.2, 0.25) is 13.1 Å². The summed E-state index contributed by atoms with van der Waals surface area (Å²) < 4.78 is 0. The Hall–Kier alpha value is -3.78. The average molecular weight is 895 g/mol. The molecule has 0 aromatic heterocycles. The zero-order valence-electron chi connectivity index (χ0n) is 35.3. The summed E-state index contributed by atoms with van der Waals surface area (Å²) in [6, 6.07) is 57.9. The summed E-state index contributed by atoms with van der Waals surface area (Å²) in [5.74, 6) is 0.983. The summed E-state index contributed by atoms with van der Waals surface area (Å²) in [5.41, 5.74) is 16.3. The number of rotatable bonds is 8. The van der Waals surface area contributed by atoms with Crippen LogP contribution in [-0.4, -0.2) is 9.52 Å². The first-order valence-electron chi connectivity index (χ1n) is 20.5. The molecular formula is C54H56Cl2SiZr. The van der Waals surface area contributed by atoms with Gasteiger partial charge in [-0.05, 0) is 69.2 Å². The second-order valence-corrected chi connectivity index (χ2v) is 19.9. The van der Waals surface area contributed by atoms with E-state index in [1.807, 2.05) is 0 Å². The van der Waals surface area contributed by atoms with Crippen molar-refractivity contribution in [3.05, 3.63) is 180 Å². The van der Waals surface area contributed by atoms with Crippen LogP contribution < -0.4 is 0 Å². The Balaban J connectivity index is 0.000000195. The number of hydrogen-bond donors (Lipinski definition) is 0. The van der Waals surface area contributed by atoms with E-state index in [1.54, 1.807) is 0 Å². The molecule has 0 spiro atoms. The van der Waals surface area contributed by atoms with E-state index in [0.29, 0.717) is 11.8 Å². The molecule has 0 N–H and O–H groups in total. The van der Waals surface area contributed by atoms with Crippen LogP contribution in [0.15, 0.2) is 158 Å². The van der Waals surface area contributed by atoms with E-state index in [1.165, 1.54) is 88.3 Å². The average Bonchev–Trinajstić information content (AvgIpc) is 3.89. The summed E-state index contributed by atoms with van der Waals surface area (Å²) >= 11 is -0.826. The van der Waals surface area contributed by atoms with Gasteiger partial charge in [-0.1, -0.05) is 187 Å². The minimum absolute atomic E-state index is 0.491. The van der Waals surface area contributed by atoms with E-state index in [-0.39, 0.29) is 0 Å². The van der Waals surface area contributed by atoms with Crippen LogP contribution >= 0.6 is 17.0 Å². The van der Waals surface area contributed by atoms with Crippen molar-refractivity contribution in [3.63, 3.8) is 0 Å². The predicted octanol–water partition coefficient (Wildman–Crippen LogP) is 17.3. The van der Waals surface area contributed by atoms with Crippen LogP contribution in [0.3, 0.4) is 0 Å². The van der Waals surface area contributed by atoms with Gasteiger partial charge in [-0.3, -0.25) is 0 Å². The fraction of sp³-hybridized carbons (Fsp3) is 0.222. The SMILES string of the molecule is CCc1cc2c(-c3ccccc3C(C)C)c(-c3ccccc3)ccc2[cH-]1.CCc1cc2c(-c3ccccc3C(C)C)c(-c3ccccc3)ccc2[cH-]1.C[Si]C.[Cl][Zr+2][Cl]. The van der Waals surface area contributed by atoms with E-state index in [0.717, 1.165) is 22.4 Å². The van der Waals surface area contributed by atoms with Crippen molar-refractivity contribution in [2.24, 2.45) is 0 Å². The van der Waals surface area contributed by atoms with Gasteiger partial charge in [0.05, 0.1) is 0 Å². The first-order chi connectivity index (χ1) is 28.2. The van der Waals surface area contributed by atoms with Gasteiger partial charge in [-0.2, -0.15) is 12.1 Å². The van der Waals surface area contributed by atoms with Crippen molar-refractivity contribution in [1.82, 2.24) is 0 Å². The van der Waals surface area contributed by atoms with Gasteiger partial charge < -0.3 is 0 Å². The van der Waals surface area contributed by atoms with Gasteiger partial charge in [0.15, 0.2) is 0 Å². The molecule has 294 valence electrons. The Kier molecular flexibility index (Phi) is 17.6. The maximum atomic E-state index is 4.93. The van der Waals surface area contributed by atoms with E-state index in [2.05, 4.69) is 212 Å². The monoisotopic (exact) mass is 892 g/mol. The number of fused-ring (bicyclic) bond motifs is 2. The molecule has 0 unspecified atom stereocenters. The van der Waals surface area contributed by atoms with Crippen LogP contribution in [0.4, 0.5) is 0 Å². The van der Waals surface area contributed by atoms with Crippen molar-refractivity contribution in [2.45, 2.75) is 79.3 Å². The molecule has 0 bridgehead atoms. The van der Waals surface area contributed by atoms with Crippen molar-refractivity contribution in [2.75, 3.05) is 0 Å². The Morgan fingerprint density at radius 3 is 1.14 bits per heavy atom. The molecule has 0 saturated heterocycles. The molecule has 8 aromatic rings. The van der Waals surface area contributed by atoms with Crippen LogP contribution in [0.25, 0.3) is 66.1 Å². The van der Waals surface area contributed by atoms with Crippen molar-refractivity contribution >= 4 is 48.1 Å². The zero-order chi connectivity index (χ0) is 41.6. The molecule has 58 heavy (non-hydrogen) atoms. The molecule has 0 saturated carbocycles. The second-order valence-electron chi connectivity index (χ2n) is 15.2. The van der Waals surface area contributed by atoms with Gasteiger partial charge in [0.25, 0.3) is 0 Å². The number of hydrogen-bond acceptors (Lipinski definition) is 0. The molecule has 0 aliphatic heterocycles. The van der Waals surface area contributed by atoms with E-state index >= 15 is 0 Å². The Labute approximate surface area is 369 Å². The summed E-state index contributed by atoms with van der Waals surface area (Å²) in [5, 5.41) is 5.43. The topological polar surface area (TPSA) is 0 Å². The third-order valence-electron chi connectivity index (χ3n) is 10.6. The number of aryl methyl sites for hydroxylation is 2. The van der Waals surface area contributed by atoms with Crippen LogP contribution in [0.5, 0.6) is 0 Å². The normalized spacial score (nSPS) is 10.7. The fourth-order valence-corrected chi connectivity index (χ4v) is 7.85. The molecular weight excluding hydrogens is 839 g/mol. The fourth-order valence-electron chi connectivity index (χ4n) is 7.85. The van der Waals surface area contributed by atoms with E-state index < -0.39 is 20.8 Å².